The topological polar surface area (TPSA) is 30.0 Å². The highest BCUT2D eigenvalue weighted by molar-refractivity contribution is 5.79. The summed E-state index contributed by atoms with van der Waals surface area (Å²) in [5.41, 5.74) is 2.64. The largest absolute Gasteiger partial charge is 0.336 e. The van der Waals surface area contributed by atoms with Crippen molar-refractivity contribution in [3.8, 4) is 0 Å². The van der Waals surface area contributed by atoms with E-state index in [4.69, 9.17) is 0 Å². The van der Waals surface area contributed by atoms with Gasteiger partial charge in [0.2, 0.25) is 5.91 Å². The van der Waals surface area contributed by atoms with Crippen LogP contribution in [0.3, 0.4) is 0 Å². The normalized spacial score (nSPS) is 17.9. The number of nitrogens with zero attached hydrogens (tertiary/aromatic N) is 4. The van der Waals surface area contributed by atoms with Gasteiger partial charge >= 0.3 is 0 Å². The van der Waals surface area contributed by atoms with Crippen LogP contribution >= 0.6 is 0 Å². The van der Waals surface area contributed by atoms with Crippen LogP contribution in [-0.2, 0) is 17.9 Å². The molecule has 0 radical (unpaired) electrons. The molecule has 2 saturated heterocycles. The van der Waals surface area contributed by atoms with E-state index in [0.29, 0.717) is 18.6 Å². The van der Waals surface area contributed by atoms with E-state index in [1.165, 1.54) is 37.3 Å². The maximum atomic E-state index is 12.0. The van der Waals surface area contributed by atoms with Crippen molar-refractivity contribution in [1.82, 2.24) is 19.6 Å². The second-order valence-corrected chi connectivity index (χ2v) is 9.76. The van der Waals surface area contributed by atoms with Crippen LogP contribution < -0.4 is 0 Å². The number of hydrogen-bond acceptors (Lipinski definition) is 4. The number of amides is 1. The summed E-state index contributed by atoms with van der Waals surface area (Å²) in [4.78, 5) is 21.3. The molecule has 34 heavy (non-hydrogen) atoms. The van der Waals surface area contributed by atoms with Gasteiger partial charge in [-0.2, -0.15) is 0 Å². The molecule has 2 aromatic rings. The van der Waals surface area contributed by atoms with Gasteiger partial charge in [-0.05, 0) is 38.8 Å². The lowest BCUT2D eigenvalue weighted by Crippen LogP contribution is -2.51. The minimum Gasteiger partial charge on any atom is -0.336 e. The van der Waals surface area contributed by atoms with Gasteiger partial charge in [0.1, 0.15) is 0 Å². The second kappa shape index (κ2) is 14.2. The molecule has 0 aromatic heterocycles. The summed E-state index contributed by atoms with van der Waals surface area (Å²) >= 11 is 0. The lowest BCUT2D eigenvalue weighted by Gasteiger charge is -2.36. The number of piperazine rings is 2. The zero-order valence-electron chi connectivity index (χ0n) is 21.0. The highest BCUT2D eigenvalue weighted by Crippen LogP contribution is 2.12. The van der Waals surface area contributed by atoms with Crippen LogP contribution in [0.2, 0.25) is 0 Å². The molecular weight excluding hydrogens is 420 g/mol. The van der Waals surface area contributed by atoms with E-state index in [9.17, 15) is 4.79 Å². The Morgan fingerprint density at radius 3 is 1.59 bits per heavy atom. The monoisotopic (exact) mass is 466 g/mol. The van der Waals surface area contributed by atoms with Gasteiger partial charge in [0.25, 0.3) is 0 Å². The van der Waals surface area contributed by atoms with Gasteiger partial charge in [0.15, 0.2) is 0 Å². The van der Waals surface area contributed by atoms with E-state index < -0.39 is 0 Å². The fraction of sp³-hybridized carbons (Fsp3) is 0.552. The molecule has 0 bridgehead atoms. The number of carbonyl (C=O) groups excluding carboxylic acids is 1. The van der Waals surface area contributed by atoms with Crippen molar-refractivity contribution < 1.29 is 4.79 Å². The van der Waals surface area contributed by atoms with Crippen LogP contribution in [0.4, 0.5) is 0 Å². The zero-order chi connectivity index (χ0) is 23.6. The van der Waals surface area contributed by atoms with Crippen molar-refractivity contribution >= 4 is 5.91 Å². The molecule has 0 atom stereocenters. The van der Waals surface area contributed by atoms with Crippen molar-refractivity contribution in [1.29, 1.82) is 0 Å². The Bertz CT molecular complexity index is 817. The molecule has 2 fully saturated rings. The van der Waals surface area contributed by atoms with Crippen LogP contribution in [0.5, 0.6) is 0 Å². The predicted molar refractivity (Wildman–Crippen MR) is 144 cm³/mol. The minimum atomic E-state index is 0. The lowest BCUT2D eigenvalue weighted by atomic mass is 10.2. The van der Waals surface area contributed by atoms with Gasteiger partial charge in [-0.3, -0.25) is 19.5 Å². The van der Waals surface area contributed by atoms with Crippen molar-refractivity contribution in [2.45, 2.75) is 60.3 Å². The predicted octanol–water partition coefficient (Wildman–Crippen LogP) is 4.59. The summed E-state index contributed by atoms with van der Waals surface area (Å²) in [5.74, 6) is 0.244. The van der Waals surface area contributed by atoms with E-state index in [1.54, 1.807) is 0 Å². The Hall–Kier alpha value is -2.21. The Morgan fingerprint density at radius 1 is 0.647 bits per heavy atom. The lowest BCUT2D eigenvalue weighted by molar-refractivity contribution is -0.137. The van der Waals surface area contributed by atoms with Gasteiger partial charge in [-0.25, -0.2) is 0 Å². The molecule has 5 nitrogen and oxygen atoms in total. The molecule has 0 aliphatic carbocycles. The van der Waals surface area contributed by atoms with Gasteiger partial charge in [-0.1, -0.05) is 68.1 Å². The quantitative estimate of drug-likeness (QED) is 0.623. The summed E-state index contributed by atoms with van der Waals surface area (Å²) in [5, 5.41) is 0. The Balaban J connectivity index is 0.000000234. The van der Waals surface area contributed by atoms with Crippen LogP contribution in [0, 0.1) is 0 Å². The average Bonchev–Trinajstić information content (AvgIpc) is 2.82. The molecule has 2 aliphatic rings. The molecule has 2 aliphatic heterocycles. The number of hydrogen-bond donors (Lipinski definition) is 0. The number of rotatable bonds is 6. The van der Waals surface area contributed by atoms with Crippen LogP contribution in [-0.4, -0.2) is 83.4 Å². The molecule has 4 rings (SSSR count). The van der Waals surface area contributed by atoms with Crippen molar-refractivity contribution in [2.75, 3.05) is 45.8 Å². The third-order valence-electron chi connectivity index (χ3n) is 6.68. The first-order valence-electron chi connectivity index (χ1n) is 12.5. The third-order valence-corrected chi connectivity index (χ3v) is 6.68. The van der Waals surface area contributed by atoms with Gasteiger partial charge in [-0.15, -0.1) is 0 Å². The molecule has 5 heteroatoms. The summed E-state index contributed by atoms with van der Waals surface area (Å²) in [6.45, 7) is 17.9. The summed E-state index contributed by atoms with van der Waals surface area (Å²) < 4.78 is 0. The third kappa shape index (κ3) is 8.86. The first-order valence-corrected chi connectivity index (χ1v) is 12.5. The van der Waals surface area contributed by atoms with Gasteiger partial charge < -0.3 is 4.90 Å². The van der Waals surface area contributed by atoms with Crippen LogP contribution in [0.25, 0.3) is 0 Å². The Morgan fingerprint density at radius 2 is 1.12 bits per heavy atom. The van der Waals surface area contributed by atoms with Crippen molar-refractivity contribution in [2.24, 2.45) is 0 Å². The maximum absolute atomic E-state index is 12.0. The average molecular weight is 467 g/mol. The SMILES string of the molecule is C.CC(C)N1CCN(Cc2ccccc2)C(=O)C1.CC(C)N1CCN(Cc2ccccc2)CC1. The summed E-state index contributed by atoms with van der Waals surface area (Å²) in [6.07, 6.45) is 0. The Kier molecular flexibility index (Phi) is 11.7. The first kappa shape index (κ1) is 28.0. The van der Waals surface area contributed by atoms with E-state index in [1.807, 2.05) is 23.1 Å². The van der Waals surface area contributed by atoms with E-state index in [2.05, 4.69) is 84.9 Å². The highest BCUT2D eigenvalue weighted by atomic mass is 16.2. The molecule has 0 N–H and O–H groups in total. The fourth-order valence-electron chi connectivity index (χ4n) is 4.42. The van der Waals surface area contributed by atoms with Crippen LogP contribution in [0.1, 0.15) is 46.2 Å². The van der Waals surface area contributed by atoms with Gasteiger partial charge in [0, 0.05) is 64.4 Å². The number of carbonyl (C=O) groups is 1. The standard InChI is InChI=1S/C14H20N2O.C14H22N2.CH4/c1-12(2)15-8-9-16(14(17)11-15)10-13-6-4-3-5-7-13;1-13(2)16-10-8-15(9-11-16)12-14-6-4-3-5-7-14;/h3-7,12H,8-11H2,1-2H3;3-7,13H,8-12H2,1-2H3;1H4. The fourth-order valence-corrected chi connectivity index (χ4v) is 4.42. The summed E-state index contributed by atoms with van der Waals surface area (Å²) in [7, 11) is 0. The minimum absolute atomic E-state index is 0. The smallest absolute Gasteiger partial charge is 0.237 e. The van der Waals surface area contributed by atoms with E-state index >= 15 is 0 Å². The zero-order valence-corrected chi connectivity index (χ0v) is 21.0. The first-order chi connectivity index (χ1) is 15.9. The molecule has 188 valence electrons. The maximum Gasteiger partial charge on any atom is 0.237 e. The molecule has 0 saturated carbocycles. The molecule has 2 heterocycles. The van der Waals surface area contributed by atoms with Crippen molar-refractivity contribution in [3.05, 3.63) is 71.8 Å². The van der Waals surface area contributed by atoms with Crippen molar-refractivity contribution in [3.63, 3.8) is 0 Å². The molecular formula is C29H46N4O. The number of benzene rings is 2. The molecule has 0 spiro atoms. The Labute approximate surface area is 208 Å². The summed E-state index contributed by atoms with van der Waals surface area (Å²) in [6, 6.07) is 22.1. The highest BCUT2D eigenvalue weighted by Gasteiger charge is 2.25. The van der Waals surface area contributed by atoms with Gasteiger partial charge in [0.05, 0.1) is 6.54 Å². The van der Waals surface area contributed by atoms with E-state index in [-0.39, 0.29) is 13.3 Å². The molecule has 1 amide bonds. The molecule has 2 aromatic carbocycles. The second-order valence-electron chi connectivity index (χ2n) is 9.76. The molecule has 0 unspecified atom stereocenters. The van der Waals surface area contributed by atoms with E-state index in [0.717, 1.165) is 26.2 Å². The van der Waals surface area contributed by atoms with Crippen LogP contribution in [0.15, 0.2) is 60.7 Å².